The third kappa shape index (κ3) is 2.98. The minimum Gasteiger partial charge on any atom is -0.508 e. The van der Waals surface area contributed by atoms with Crippen LogP contribution in [0.15, 0.2) is 24.5 Å². The summed E-state index contributed by atoms with van der Waals surface area (Å²) in [6, 6.07) is 4.45. The molecule has 1 heterocycles. The zero-order chi connectivity index (χ0) is 13.0. The van der Waals surface area contributed by atoms with Gasteiger partial charge in [0.2, 0.25) is 0 Å². The van der Waals surface area contributed by atoms with Gasteiger partial charge in [0.1, 0.15) is 23.7 Å². The monoisotopic (exact) mass is 248 g/mol. The molecule has 6 heteroatoms. The molecule has 0 spiro atoms. The van der Waals surface area contributed by atoms with E-state index in [0.29, 0.717) is 12.1 Å². The van der Waals surface area contributed by atoms with E-state index < -0.39 is 0 Å². The minimum absolute atomic E-state index is 0.0555. The molecule has 6 nitrogen and oxygen atoms in total. The number of benzene rings is 1. The number of aromatic nitrogens is 3. The molecule has 1 unspecified atom stereocenters. The van der Waals surface area contributed by atoms with Crippen LogP contribution in [0.4, 0.5) is 0 Å². The predicted molar refractivity (Wildman–Crippen MR) is 66.3 cm³/mol. The summed E-state index contributed by atoms with van der Waals surface area (Å²) in [4.78, 5) is 4.02. The van der Waals surface area contributed by atoms with Gasteiger partial charge < -0.3 is 15.5 Å². The highest BCUT2D eigenvalue weighted by Crippen LogP contribution is 2.27. The fourth-order valence-corrected chi connectivity index (χ4v) is 1.76. The molecule has 0 fully saturated rings. The Morgan fingerprint density at radius 1 is 1.39 bits per heavy atom. The lowest BCUT2D eigenvalue weighted by Gasteiger charge is -2.15. The van der Waals surface area contributed by atoms with E-state index in [1.807, 2.05) is 6.92 Å². The first-order valence-electron chi connectivity index (χ1n) is 5.76. The van der Waals surface area contributed by atoms with Gasteiger partial charge in [-0.15, -0.1) is 0 Å². The maximum atomic E-state index is 9.71. The predicted octanol–water partition coefficient (Wildman–Crippen LogP) is 1.11. The summed E-state index contributed by atoms with van der Waals surface area (Å²) in [6.07, 6.45) is 2.20. The van der Waals surface area contributed by atoms with Crippen LogP contribution >= 0.6 is 0 Å². The number of hydrogen-bond donors (Lipinski definition) is 4. The van der Waals surface area contributed by atoms with Crippen molar-refractivity contribution in [2.75, 3.05) is 6.54 Å². The second-order valence-electron chi connectivity index (χ2n) is 4.10. The lowest BCUT2D eigenvalue weighted by Crippen LogP contribution is -2.21. The van der Waals surface area contributed by atoms with Crippen LogP contribution in [0.25, 0.3) is 0 Å². The maximum Gasteiger partial charge on any atom is 0.137 e. The summed E-state index contributed by atoms with van der Waals surface area (Å²) in [5, 5.41) is 28.9. The maximum absolute atomic E-state index is 9.71. The Bertz CT molecular complexity index is 499. The number of H-pyrrole nitrogens is 1. The van der Waals surface area contributed by atoms with Crippen LogP contribution in [0, 0.1) is 0 Å². The summed E-state index contributed by atoms with van der Waals surface area (Å²) in [5.41, 5.74) is 0.674. The number of aromatic amines is 1. The van der Waals surface area contributed by atoms with E-state index in [1.54, 1.807) is 6.07 Å². The van der Waals surface area contributed by atoms with Crippen LogP contribution in [0.2, 0.25) is 0 Å². The van der Waals surface area contributed by atoms with Crippen LogP contribution in [0.3, 0.4) is 0 Å². The molecule has 1 aromatic heterocycles. The molecule has 96 valence electrons. The highest BCUT2D eigenvalue weighted by atomic mass is 16.3. The molecule has 1 aromatic carbocycles. The number of hydrogen-bond acceptors (Lipinski definition) is 5. The molecule has 18 heavy (non-hydrogen) atoms. The number of nitrogens with one attached hydrogen (secondary N) is 2. The van der Waals surface area contributed by atoms with E-state index in [-0.39, 0.29) is 17.5 Å². The second-order valence-corrected chi connectivity index (χ2v) is 4.10. The molecule has 0 aliphatic heterocycles. The Labute approximate surface area is 105 Å². The van der Waals surface area contributed by atoms with Crippen LogP contribution in [-0.4, -0.2) is 31.9 Å². The average Bonchev–Trinajstić information content (AvgIpc) is 2.85. The van der Waals surface area contributed by atoms with Crippen molar-refractivity contribution in [3.8, 4) is 11.5 Å². The topological polar surface area (TPSA) is 94.1 Å². The van der Waals surface area contributed by atoms with Gasteiger partial charge in [-0.2, -0.15) is 5.10 Å². The number of nitrogens with zero attached hydrogens (tertiary/aromatic N) is 2. The first kappa shape index (κ1) is 12.4. The van der Waals surface area contributed by atoms with Crippen molar-refractivity contribution in [3.63, 3.8) is 0 Å². The van der Waals surface area contributed by atoms with Gasteiger partial charge in [0.25, 0.3) is 0 Å². The Kier molecular flexibility index (Phi) is 3.78. The van der Waals surface area contributed by atoms with Crippen molar-refractivity contribution in [1.82, 2.24) is 20.5 Å². The van der Waals surface area contributed by atoms with Gasteiger partial charge in [0, 0.05) is 24.6 Å². The Morgan fingerprint density at radius 3 is 2.94 bits per heavy atom. The minimum atomic E-state index is -0.0555. The molecular weight excluding hydrogens is 232 g/mol. The molecule has 4 N–H and O–H groups in total. The number of aromatic hydroxyl groups is 2. The van der Waals surface area contributed by atoms with E-state index in [2.05, 4.69) is 20.5 Å². The standard InChI is InChI=1S/C12H16N4O2/c1-8(10-6-9(17)2-3-11(10)18)13-5-4-12-14-7-15-16-12/h2-3,6-8,13,17-18H,4-5H2,1H3,(H,14,15,16). The molecule has 0 saturated heterocycles. The van der Waals surface area contributed by atoms with Crippen LogP contribution in [-0.2, 0) is 6.42 Å². The lowest BCUT2D eigenvalue weighted by molar-refractivity contribution is 0.441. The number of rotatable bonds is 5. The van der Waals surface area contributed by atoms with Gasteiger partial charge in [-0.25, -0.2) is 4.98 Å². The summed E-state index contributed by atoms with van der Waals surface area (Å²) in [7, 11) is 0. The zero-order valence-corrected chi connectivity index (χ0v) is 10.1. The van der Waals surface area contributed by atoms with E-state index in [0.717, 1.165) is 12.2 Å². The van der Waals surface area contributed by atoms with Crippen molar-refractivity contribution < 1.29 is 10.2 Å². The van der Waals surface area contributed by atoms with E-state index in [9.17, 15) is 10.2 Å². The second kappa shape index (κ2) is 5.50. The molecule has 0 aliphatic rings. The van der Waals surface area contributed by atoms with Crippen LogP contribution in [0.1, 0.15) is 24.4 Å². The normalized spacial score (nSPS) is 12.5. The highest BCUT2D eigenvalue weighted by molar-refractivity contribution is 5.40. The van der Waals surface area contributed by atoms with Gasteiger partial charge in [-0.05, 0) is 25.1 Å². The van der Waals surface area contributed by atoms with Crippen molar-refractivity contribution >= 4 is 0 Å². The molecule has 0 radical (unpaired) electrons. The van der Waals surface area contributed by atoms with E-state index >= 15 is 0 Å². The fourth-order valence-electron chi connectivity index (χ4n) is 1.76. The van der Waals surface area contributed by atoms with Gasteiger partial charge in [0.05, 0.1) is 0 Å². The first-order valence-corrected chi connectivity index (χ1v) is 5.76. The van der Waals surface area contributed by atoms with Crippen molar-refractivity contribution in [2.24, 2.45) is 0 Å². The van der Waals surface area contributed by atoms with E-state index in [1.165, 1.54) is 18.5 Å². The Hall–Kier alpha value is -2.08. The summed E-state index contributed by atoms with van der Waals surface area (Å²) < 4.78 is 0. The smallest absolute Gasteiger partial charge is 0.137 e. The van der Waals surface area contributed by atoms with Crippen molar-refractivity contribution in [1.29, 1.82) is 0 Å². The van der Waals surface area contributed by atoms with Crippen LogP contribution in [0.5, 0.6) is 11.5 Å². The molecule has 0 bridgehead atoms. The van der Waals surface area contributed by atoms with Gasteiger partial charge >= 0.3 is 0 Å². The SMILES string of the molecule is CC(NCCc1ncn[nH]1)c1cc(O)ccc1O. The van der Waals surface area contributed by atoms with Crippen LogP contribution < -0.4 is 5.32 Å². The van der Waals surface area contributed by atoms with E-state index in [4.69, 9.17) is 0 Å². The highest BCUT2D eigenvalue weighted by Gasteiger charge is 2.10. The molecule has 0 saturated carbocycles. The first-order chi connectivity index (χ1) is 8.66. The Balaban J connectivity index is 1.91. The molecule has 2 rings (SSSR count). The third-order valence-corrected chi connectivity index (χ3v) is 2.75. The van der Waals surface area contributed by atoms with Gasteiger partial charge in [-0.1, -0.05) is 0 Å². The average molecular weight is 248 g/mol. The lowest BCUT2D eigenvalue weighted by atomic mass is 10.1. The summed E-state index contributed by atoms with van der Waals surface area (Å²) >= 11 is 0. The molecule has 0 amide bonds. The zero-order valence-electron chi connectivity index (χ0n) is 10.1. The summed E-state index contributed by atoms with van der Waals surface area (Å²) in [5.74, 6) is 1.13. The van der Waals surface area contributed by atoms with Gasteiger partial charge in [-0.3, -0.25) is 5.10 Å². The quantitative estimate of drug-likeness (QED) is 0.595. The van der Waals surface area contributed by atoms with Crippen molar-refractivity contribution in [2.45, 2.75) is 19.4 Å². The molecule has 2 aromatic rings. The van der Waals surface area contributed by atoms with Gasteiger partial charge in [0.15, 0.2) is 0 Å². The third-order valence-electron chi connectivity index (χ3n) is 2.75. The molecule has 0 aliphatic carbocycles. The number of phenolic OH excluding ortho intramolecular Hbond substituents is 2. The fraction of sp³-hybridized carbons (Fsp3) is 0.333. The van der Waals surface area contributed by atoms with Crippen molar-refractivity contribution in [3.05, 3.63) is 35.9 Å². The summed E-state index contributed by atoms with van der Waals surface area (Å²) in [6.45, 7) is 2.63. The molecular formula is C12H16N4O2. The Morgan fingerprint density at radius 2 is 2.22 bits per heavy atom. The largest absolute Gasteiger partial charge is 0.508 e. The number of phenols is 2. The molecule has 1 atom stereocenters.